The first-order valence-electron chi connectivity index (χ1n) is 7.50. The number of rotatable bonds is 10. The van der Waals surface area contributed by atoms with Crippen LogP contribution in [0.1, 0.15) is 18.4 Å². The number of methoxy groups -OCH3 is 2. The van der Waals surface area contributed by atoms with Gasteiger partial charge in [-0.3, -0.25) is 0 Å². The third-order valence-electron chi connectivity index (χ3n) is 3.68. The number of para-hydroxylation sites is 1. The van der Waals surface area contributed by atoms with Crippen molar-refractivity contribution in [1.82, 2.24) is 5.32 Å². The molecule has 118 valence electrons. The summed E-state index contributed by atoms with van der Waals surface area (Å²) in [4.78, 5) is 2.25. The van der Waals surface area contributed by atoms with Crippen LogP contribution in [0.4, 0.5) is 5.69 Å². The molecule has 0 aromatic heterocycles. The fourth-order valence-corrected chi connectivity index (χ4v) is 2.65. The van der Waals surface area contributed by atoms with Crippen LogP contribution in [0.15, 0.2) is 18.2 Å². The lowest BCUT2D eigenvalue weighted by molar-refractivity contribution is 0.190. The average Bonchev–Trinajstić information content (AvgIpc) is 3.30. The fraction of sp³-hybridized carbons (Fsp3) is 0.625. The Morgan fingerprint density at radius 3 is 2.43 bits per heavy atom. The summed E-state index contributed by atoms with van der Waals surface area (Å²) in [6, 6.07) is 6.79. The van der Waals surface area contributed by atoms with E-state index in [1.807, 2.05) is 12.1 Å². The SMILES string of the molecule is COCCN(CCOC)c1c(Cl)cccc1CNC1CC1. The number of benzene rings is 1. The Kier molecular flexibility index (Phi) is 6.77. The lowest BCUT2D eigenvalue weighted by atomic mass is 10.1. The Morgan fingerprint density at radius 1 is 1.19 bits per heavy atom. The summed E-state index contributed by atoms with van der Waals surface area (Å²) in [7, 11) is 3.44. The highest BCUT2D eigenvalue weighted by molar-refractivity contribution is 6.33. The van der Waals surface area contributed by atoms with Gasteiger partial charge in [-0.05, 0) is 24.5 Å². The molecular formula is C16H25ClN2O2. The van der Waals surface area contributed by atoms with Crippen molar-refractivity contribution in [3.05, 3.63) is 28.8 Å². The van der Waals surface area contributed by atoms with Crippen LogP contribution in [-0.4, -0.2) is 46.6 Å². The molecule has 1 saturated carbocycles. The van der Waals surface area contributed by atoms with Crippen molar-refractivity contribution in [2.75, 3.05) is 45.4 Å². The summed E-state index contributed by atoms with van der Waals surface area (Å²) in [5.41, 5.74) is 2.34. The van der Waals surface area contributed by atoms with Gasteiger partial charge in [0.05, 0.1) is 23.9 Å². The Hall–Kier alpha value is -0.810. The molecule has 1 aliphatic carbocycles. The topological polar surface area (TPSA) is 33.7 Å². The fourth-order valence-electron chi connectivity index (χ4n) is 2.34. The van der Waals surface area contributed by atoms with Gasteiger partial charge in [0, 0.05) is 39.9 Å². The Labute approximate surface area is 132 Å². The van der Waals surface area contributed by atoms with Gasteiger partial charge in [-0.2, -0.15) is 0 Å². The van der Waals surface area contributed by atoms with Gasteiger partial charge in [-0.25, -0.2) is 0 Å². The molecule has 0 spiro atoms. The third-order valence-corrected chi connectivity index (χ3v) is 3.98. The van der Waals surface area contributed by atoms with E-state index in [1.165, 1.54) is 18.4 Å². The number of nitrogens with zero attached hydrogens (tertiary/aromatic N) is 1. The maximum Gasteiger partial charge on any atom is 0.0642 e. The largest absolute Gasteiger partial charge is 0.383 e. The molecule has 4 nitrogen and oxygen atoms in total. The number of hydrogen-bond donors (Lipinski definition) is 1. The second kappa shape index (κ2) is 8.59. The Balaban J connectivity index is 2.13. The molecule has 5 heteroatoms. The summed E-state index contributed by atoms with van der Waals surface area (Å²) < 4.78 is 10.4. The maximum absolute atomic E-state index is 6.46. The van der Waals surface area contributed by atoms with Crippen molar-refractivity contribution < 1.29 is 9.47 Å². The zero-order chi connectivity index (χ0) is 15.1. The zero-order valence-electron chi connectivity index (χ0n) is 12.9. The standard InChI is InChI=1S/C16H25ClN2O2/c1-20-10-8-19(9-11-21-2)16-13(4-3-5-15(16)17)12-18-14-6-7-14/h3-5,14,18H,6-12H2,1-2H3. The van der Waals surface area contributed by atoms with E-state index >= 15 is 0 Å². The van der Waals surface area contributed by atoms with Crippen LogP contribution >= 0.6 is 11.6 Å². The molecule has 0 heterocycles. The van der Waals surface area contributed by atoms with Gasteiger partial charge in [-0.15, -0.1) is 0 Å². The number of nitrogens with one attached hydrogen (secondary N) is 1. The number of halogens is 1. The predicted octanol–water partition coefficient (Wildman–Crippen LogP) is 2.69. The Morgan fingerprint density at radius 2 is 1.86 bits per heavy atom. The molecule has 1 aliphatic rings. The van der Waals surface area contributed by atoms with Crippen molar-refractivity contribution in [2.45, 2.75) is 25.4 Å². The van der Waals surface area contributed by atoms with Crippen LogP contribution in [0.2, 0.25) is 5.02 Å². The number of anilines is 1. The van der Waals surface area contributed by atoms with Crippen LogP contribution in [-0.2, 0) is 16.0 Å². The normalized spacial score (nSPS) is 14.4. The second-order valence-corrected chi connectivity index (χ2v) is 5.78. The summed E-state index contributed by atoms with van der Waals surface area (Å²) in [5, 5.41) is 4.35. The van der Waals surface area contributed by atoms with E-state index in [-0.39, 0.29) is 0 Å². The molecule has 1 N–H and O–H groups in total. The van der Waals surface area contributed by atoms with E-state index in [0.717, 1.165) is 30.3 Å². The van der Waals surface area contributed by atoms with Crippen LogP contribution < -0.4 is 10.2 Å². The molecule has 1 fully saturated rings. The second-order valence-electron chi connectivity index (χ2n) is 5.38. The first-order valence-corrected chi connectivity index (χ1v) is 7.87. The molecule has 0 saturated heterocycles. The first kappa shape index (κ1) is 16.6. The molecule has 0 aliphatic heterocycles. The van der Waals surface area contributed by atoms with Crippen LogP contribution in [0.3, 0.4) is 0 Å². The van der Waals surface area contributed by atoms with E-state index in [9.17, 15) is 0 Å². The smallest absolute Gasteiger partial charge is 0.0642 e. The van der Waals surface area contributed by atoms with Gasteiger partial charge in [-0.1, -0.05) is 23.7 Å². The minimum Gasteiger partial charge on any atom is -0.383 e. The van der Waals surface area contributed by atoms with Crippen LogP contribution in [0.25, 0.3) is 0 Å². The molecule has 0 bridgehead atoms. The van der Waals surface area contributed by atoms with Gasteiger partial charge in [0.25, 0.3) is 0 Å². The van der Waals surface area contributed by atoms with Gasteiger partial charge in [0.2, 0.25) is 0 Å². The lowest BCUT2D eigenvalue weighted by Crippen LogP contribution is -2.32. The minimum absolute atomic E-state index is 0.671. The molecule has 0 unspecified atom stereocenters. The molecule has 1 aromatic rings. The third kappa shape index (κ3) is 5.15. The molecule has 21 heavy (non-hydrogen) atoms. The molecule has 0 amide bonds. The summed E-state index contributed by atoms with van der Waals surface area (Å²) in [5.74, 6) is 0. The maximum atomic E-state index is 6.46. The van der Waals surface area contributed by atoms with Crippen LogP contribution in [0, 0.1) is 0 Å². The van der Waals surface area contributed by atoms with E-state index in [1.54, 1.807) is 14.2 Å². The molecular weight excluding hydrogens is 288 g/mol. The highest BCUT2D eigenvalue weighted by Crippen LogP contribution is 2.30. The molecule has 1 aromatic carbocycles. The van der Waals surface area contributed by atoms with Crippen molar-refractivity contribution in [1.29, 1.82) is 0 Å². The van der Waals surface area contributed by atoms with Gasteiger partial charge in [0.1, 0.15) is 0 Å². The Bertz CT molecular complexity index is 430. The number of ether oxygens (including phenoxy) is 2. The van der Waals surface area contributed by atoms with E-state index < -0.39 is 0 Å². The van der Waals surface area contributed by atoms with E-state index in [4.69, 9.17) is 21.1 Å². The summed E-state index contributed by atoms with van der Waals surface area (Å²) in [6.45, 7) is 3.81. The summed E-state index contributed by atoms with van der Waals surface area (Å²) in [6.07, 6.45) is 2.57. The van der Waals surface area contributed by atoms with E-state index in [2.05, 4.69) is 16.3 Å². The van der Waals surface area contributed by atoms with Crippen molar-refractivity contribution in [2.24, 2.45) is 0 Å². The predicted molar refractivity (Wildman–Crippen MR) is 87.3 cm³/mol. The van der Waals surface area contributed by atoms with Crippen molar-refractivity contribution >= 4 is 17.3 Å². The van der Waals surface area contributed by atoms with Crippen molar-refractivity contribution in [3.8, 4) is 0 Å². The lowest BCUT2D eigenvalue weighted by Gasteiger charge is -2.28. The van der Waals surface area contributed by atoms with Crippen LogP contribution in [0.5, 0.6) is 0 Å². The number of hydrogen-bond acceptors (Lipinski definition) is 4. The van der Waals surface area contributed by atoms with Gasteiger partial charge >= 0.3 is 0 Å². The zero-order valence-corrected chi connectivity index (χ0v) is 13.7. The average molecular weight is 313 g/mol. The molecule has 2 rings (SSSR count). The van der Waals surface area contributed by atoms with Crippen molar-refractivity contribution in [3.63, 3.8) is 0 Å². The van der Waals surface area contributed by atoms with Gasteiger partial charge < -0.3 is 19.7 Å². The highest BCUT2D eigenvalue weighted by Gasteiger charge is 2.21. The minimum atomic E-state index is 0.671. The quantitative estimate of drug-likeness (QED) is 0.720. The molecule has 0 atom stereocenters. The molecule has 0 radical (unpaired) electrons. The van der Waals surface area contributed by atoms with Gasteiger partial charge in [0.15, 0.2) is 0 Å². The highest BCUT2D eigenvalue weighted by atomic mass is 35.5. The first-order chi connectivity index (χ1) is 10.3. The monoisotopic (exact) mass is 312 g/mol. The summed E-state index contributed by atoms with van der Waals surface area (Å²) >= 11 is 6.46. The van der Waals surface area contributed by atoms with E-state index in [0.29, 0.717) is 19.3 Å².